The Hall–Kier alpha value is -2.95. The van der Waals surface area contributed by atoms with Gasteiger partial charge in [-0.3, -0.25) is 9.78 Å². The van der Waals surface area contributed by atoms with Crippen molar-refractivity contribution in [3.8, 4) is 0 Å². The number of hydrazone groups is 1. The van der Waals surface area contributed by atoms with Crippen LogP contribution in [0.4, 0.5) is 0 Å². The summed E-state index contributed by atoms with van der Waals surface area (Å²) in [6.07, 6.45) is 4.73. The van der Waals surface area contributed by atoms with Crippen LogP contribution in [0.15, 0.2) is 64.4 Å². The largest absolute Gasteiger partial charge is 0.459 e. The van der Waals surface area contributed by atoms with Gasteiger partial charge in [0.25, 0.3) is 0 Å². The van der Waals surface area contributed by atoms with Crippen LogP contribution < -0.4 is 5.43 Å². The molecule has 5 heteroatoms. The lowest BCUT2D eigenvalue weighted by Gasteiger charge is -2.00. The molecule has 1 N–H and O–H groups in total. The van der Waals surface area contributed by atoms with Gasteiger partial charge in [0.1, 0.15) is 0 Å². The molecule has 2 heterocycles. The fourth-order valence-electron chi connectivity index (χ4n) is 1.85. The number of hydrogen-bond acceptors (Lipinski definition) is 4. The van der Waals surface area contributed by atoms with Gasteiger partial charge < -0.3 is 4.42 Å². The second-order valence-corrected chi connectivity index (χ2v) is 4.09. The highest BCUT2D eigenvalue weighted by molar-refractivity contribution is 5.99. The summed E-state index contributed by atoms with van der Waals surface area (Å²) in [4.78, 5) is 15.9. The van der Waals surface area contributed by atoms with Crippen LogP contribution in [0.2, 0.25) is 0 Å². The number of benzene rings is 1. The monoisotopic (exact) mass is 265 g/mol. The van der Waals surface area contributed by atoms with Crippen molar-refractivity contribution >= 4 is 23.0 Å². The van der Waals surface area contributed by atoms with Crippen molar-refractivity contribution < 1.29 is 9.21 Å². The molecule has 20 heavy (non-hydrogen) atoms. The lowest BCUT2D eigenvalue weighted by molar-refractivity contribution is 0.0927. The van der Waals surface area contributed by atoms with Crippen LogP contribution in [0.1, 0.15) is 16.1 Å². The Bertz CT molecular complexity index is 758. The topological polar surface area (TPSA) is 67.5 Å². The number of carbonyl (C=O) groups excluding carboxylic acids is 1. The van der Waals surface area contributed by atoms with Crippen molar-refractivity contribution in [2.75, 3.05) is 0 Å². The molecule has 1 amide bonds. The molecule has 2 aromatic heterocycles. The summed E-state index contributed by atoms with van der Waals surface area (Å²) in [7, 11) is 0. The maximum Gasteiger partial charge on any atom is 0.307 e. The minimum atomic E-state index is -0.385. The first kappa shape index (κ1) is 12.1. The van der Waals surface area contributed by atoms with E-state index in [0.717, 1.165) is 16.5 Å². The quantitative estimate of drug-likeness (QED) is 0.584. The van der Waals surface area contributed by atoms with Crippen molar-refractivity contribution in [2.24, 2.45) is 5.10 Å². The van der Waals surface area contributed by atoms with E-state index in [0.29, 0.717) is 0 Å². The molecule has 3 aromatic rings. The zero-order valence-corrected chi connectivity index (χ0v) is 10.5. The fourth-order valence-corrected chi connectivity index (χ4v) is 1.85. The van der Waals surface area contributed by atoms with Crippen molar-refractivity contribution in [1.82, 2.24) is 10.4 Å². The Morgan fingerprint density at radius 2 is 2.10 bits per heavy atom. The maximum absolute atomic E-state index is 11.6. The molecule has 5 nitrogen and oxygen atoms in total. The van der Waals surface area contributed by atoms with Gasteiger partial charge in [-0.05, 0) is 24.3 Å². The van der Waals surface area contributed by atoms with Crippen LogP contribution in [-0.2, 0) is 0 Å². The molecule has 0 aliphatic heterocycles. The zero-order chi connectivity index (χ0) is 13.8. The Morgan fingerprint density at radius 1 is 1.20 bits per heavy atom. The molecule has 1 aromatic carbocycles. The van der Waals surface area contributed by atoms with E-state index in [1.54, 1.807) is 24.5 Å². The van der Waals surface area contributed by atoms with Crippen LogP contribution in [0, 0.1) is 0 Å². The first-order valence-electron chi connectivity index (χ1n) is 6.05. The van der Waals surface area contributed by atoms with E-state index < -0.39 is 0 Å². The van der Waals surface area contributed by atoms with Crippen LogP contribution in [0.25, 0.3) is 10.9 Å². The van der Waals surface area contributed by atoms with Crippen molar-refractivity contribution in [3.05, 3.63) is 66.2 Å². The number of amides is 1. The van der Waals surface area contributed by atoms with Gasteiger partial charge in [0.05, 0.1) is 18.0 Å². The van der Waals surface area contributed by atoms with E-state index in [-0.39, 0.29) is 11.7 Å². The summed E-state index contributed by atoms with van der Waals surface area (Å²) in [5.74, 6) is -0.161. The SMILES string of the molecule is O=C(N/N=C/c1ccnc2ccccc12)c1ccco1. The molecule has 0 spiro atoms. The molecular formula is C15H11N3O2. The average molecular weight is 265 g/mol. The molecule has 0 bridgehead atoms. The average Bonchev–Trinajstić information content (AvgIpc) is 3.02. The van der Waals surface area contributed by atoms with Gasteiger partial charge in [-0.25, -0.2) is 5.43 Å². The summed E-state index contributed by atoms with van der Waals surface area (Å²) in [6.45, 7) is 0. The standard InChI is InChI=1S/C15H11N3O2/c19-15(14-6-3-9-20-14)18-17-10-11-7-8-16-13-5-2-1-4-12(11)13/h1-10H,(H,18,19)/b17-10+. The van der Waals surface area contributed by atoms with Gasteiger partial charge in [-0.1, -0.05) is 18.2 Å². The van der Waals surface area contributed by atoms with E-state index in [4.69, 9.17) is 4.42 Å². The van der Waals surface area contributed by atoms with Crippen molar-refractivity contribution in [3.63, 3.8) is 0 Å². The predicted octanol–water partition coefficient (Wildman–Crippen LogP) is 2.59. The first-order valence-corrected chi connectivity index (χ1v) is 6.05. The number of carbonyl (C=O) groups is 1. The summed E-state index contributed by atoms with van der Waals surface area (Å²) in [5, 5.41) is 4.91. The molecule has 0 aliphatic carbocycles. The van der Waals surface area contributed by atoms with E-state index in [1.807, 2.05) is 30.3 Å². The zero-order valence-electron chi connectivity index (χ0n) is 10.5. The summed E-state index contributed by atoms with van der Waals surface area (Å²) in [5.41, 5.74) is 4.18. The number of pyridine rings is 1. The minimum absolute atomic E-state index is 0.224. The molecule has 0 saturated carbocycles. The van der Waals surface area contributed by atoms with Gasteiger partial charge in [-0.15, -0.1) is 0 Å². The number of rotatable bonds is 3. The van der Waals surface area contributed by atoms with Gasteiger partial charge >= 0.3 is 5.91 Å². The number of fused-ring (bicyclic) bond motifs is 1. The highest BCUT2D eigenvalue weighted by Crippen LogP contribution is 2.14. The predicted molar refractivity (Wildman–Crippen MR) is 75.5 cm³/mol. The van der Waals surface area contributed by atoms with Crippen LogP contribution >= 0.6 is 0 Å². The summed E-state index contributed by atoms with van der Waals surface area (Å²) in [6, 6.07) is 12.8. The first-order chi connectivity index (χ1) is 9.84. The molecule has 0 radical (unpaired) electrons. The van der Waals surface area contributed by atoms with Gasteiger partial charge in [0.2, 0.25) is 0 Å². The highest BCUT2D eigenvalue weighted by Gasteiger charge is 2.06. The molecule has 0 saturated heterocycles. The number of furan rings is 1. The van der Waals surface area contributed by atoms with Gasteiger partial charge in [-0.2, -0.15) is 5.10 Å². The Kier molecular flexibility index (Phi) is 3.24. The Morgan fingerprint density at radius 3 is 2.95 bits per heavy atom. The Balaban J connectivity index is 1.79. The number of para-hydroxylation sites is 1. The molecule has 3 rings (SSSR count). The molecule has 0 aliphatic rings. The lowest BCUT2D eigenvalue weighted by atomic mass is 10.1. The van der Waals surface area contributed by atoms with E-state index >= 15 is 0 Å². The Labute approximate surface area is 114 Å². The van der Waals surface area contributed by atoms with Gasteiger partial charge in [0, 0.05) is 17.1 Å². The third-order valence-electron chi connectivity index (χ3n) is 2.80. The highest BCUT2D eigenvalue weighted by atomic mass is 16.3. The maximum atomic E-state index is 11.6. The van der Waals surface area contributed by atoms with E-state index in [1.165, 1.54) is 6.26 Å². The fraction of sp³-hybridized carbons (Fsp3) is 0. The van der Waals surface area contributed by atoms with Crippen LogP contribution in [0.5, 0.6) is 0 Å². The van der Waals surface area contributed by atoms with E-state index in [9.17, 15) is 4.79 Å². The van der Waals surface area contributed by atoms with Crippen LogP contribution in [0.3, 0.4) is 0 Å². The van der Waals surface area contributed by atoms with E-state index in [2.05, 4.69) is 15.5 Å². The molecule has 0 atom stereocenters. The lowest BCUT2D eigenvalue weighted by Crippen LogP contribution is -2.16. The summed E-state index contributed by atoms with van der Waals surface area (Å²) < 4.78 is 4.97. The number of nitrogens with zero attached hydrogens (tertiary/aromatic N) is 2. The number of hydrogen-bond donors (Lipinski definition) is 1. The second kappa shape index (κ2) is 5.36. The van der Waals surface area contributed by atoms with Gasteiger partial charge in [0.15, 0.2) is 5.76 Å². The van der Waals surface area contributed by atoms with Crippen molar-refractivity contribution in [2.45, 2.75) is 0 Å². The normalized spacial score (nSPS) is 11.0. The summed E-state index contributed by atoms with van der Waals surface area (Å²) >= 11 is 0. The molecule has 98 valence electrons. The smallest absolute Gasteiger partial charge is 0.307 e. The number of aromatic nitrogens is 1. The molecule has 0 unspecified atom stereocenters. The molecular weight excluding hydrogens is 254 g/mol. The third kappa shape index (κ3) is 2.42. The van der Waals surface area contributed by atoms with Crippen molar-refractivity contribution in [1.29, 1.82) is 0 Å². The minimum Gasteiger partial charge on any atom is -0.459 e. The van der Waals surface area contributed by atoms with Crippen LogP contribution in [-0.4, -0.2) is 17.1 Å². The number of nitrogens with one attached hydrogen (secondary N) is 1. The molecule has 0 fully saturated rings. The third-order valence-corrected chi connectivity index (χ3v) is 2.80. The second-order valence-electron chi connectivity index (χ2n) is 4.09.